The van der Waals surface area contributed by atoms with E-state index in [-0.39, 0.29) is 16.0 Å². The van der Waals surface area contributed by atoms with Crippen LogP contribution in [0.4, 0.5) is 17.6 Å². The standard InChI is InChI=1S/C13H11BrF4N2O/c14-10-3-1-9(2-4-10)11-19-6-7-20(11)13(17,18)12(15,16)5-8-21/h1-4,6-7,21H,5,8H2. The number of aromatic nitrogens is 2. The SMILES string of the molecule is OCCC(F)(F)C(F)(F)n1ccnc1-c1ccc(Br)cc1. The Hall–Kier alpha value is -1.41. The summed E-state index contributed by atoms with van der Waals surface area (Å²) in [5.74, 6) is -4.66. The molecule has 1 N–H and O–H groups in total. The fraction of sp³-hybridized carbons (Fsp3) is 0.308. The molecule has 0 radical (unpaired) electrons. The van der Waals surface area contributed by atoms with Crippen molar-refractivity contribution in [2.45, 2.75) is 18.4 Å². The first-order chi connectivity index (χ1) is 9.79. The lowest BCUT2D eigenvalue weighted by atomic mass is 10.1. The van der Waals surface area contributed by atoms with E-state index in [9.17, 15) is 17.6 Å². The molecule has 1 heterocycles. The van der Waals surface area contributed by atoms with Gasteiger partial charge in [0.15, 0.2) is 0 Å². The second-order valence-electron chi connectivity index (χ2n) is 4.35. The van der Waals surface area contributed by atoms with Gasteiger partial charge >= 0.3 is 12.0 Å². The van der Waals surface area contributed by atoms with Crippen LogP contribution in [0, 0.1) is 0 Å². The molecule has 0 unspecified atom stereocenters. The Bertz CT molecular complexity index is 613. The Morgan fingerprint density at radius 1 is 1.14 bits per heavy atom. The van der Waals surface area contributed by atoms with Crippen molar-refractivity contribution in [2.75, 3.05) is 6.61 Å². The Labute approximate surface area is 126 Å². The maximum absolute atomic E-state index is 14.0. The molecule has 0 saturated carbocycles. The van der Waals surface area contributed by atoms with E-state index in [1.807, 2.05) is 0 Å². The zero-order valence-corrected chi connectivity index (χ0v) is 12.2. The monoisotopic (exact) mass is 366 g/mol. The molecule has 0 spiro atoms. The van der Waals surface area contributed by atoms with Gasteiger partial charge in [0, 0.05) is 35.5 Å². The normalized spacial score (nSPS) is 12.7. The number of alkyl halides is 4. The van der Waals surface area contributed by atoms with E-state index in [2.05, 4.69) is 20.9 Å². The van der Waals surface area contributed by atoms with E-state index < -0.39 is 25.0 Å². The van der Waals surface area contributed by atoms with Gasteiger partial charge in [0.25, 0.3) is 0 Å². The van der Waals surface area contributed by atoms with Crippen molar-refractivity contribution in [2.24, 2.45) is 0 Å². The number of aliphatic hydroxyl groups is 1. The molecule has 0 amide bonds. The van der Waals surface area contributed by atoms with Crippen molar-refractivity contribution in [3.63, 3.8) is 0 Å². The largest absolute Gasteiger partial charge is 0.396 e. The van der Waals surface area contributed by atoms with E-state index in [1.54, 1.807) is 12.1 Å². The number of hydrogen-bond donors (Lipinski definition) is 1. The number of aliphatic hydroxyl groups excluding tert-OH is 1. The van der Waals surface area contributed by atoms with E-state index in [0.717, 1.165) is 16.9 Å². The van der Waals surface area contributed by atoms with Gasteiger partial charge in [0.05, 0.1) is 0 Å². The van der Waals surface area contributed by atoms with Gasteiger partial charge in [-0.25, -0.2) is 4.98 Å². The van der Waals surface area contributed by atoms with Crippen LogP contribution in [0.1, 0.15) is 6.42 Å². The van der Waals surface area contributed by atoms with E-state index in [1.165, 1.54) is 12.1 Å². The van der Waals surface area contributed by atoms with Crippen molar-refractivity contribution in [1.82, 2.24) is 9.55 Å². The van der Waals surface area contributed by atoms with Crippen molar-refractivity contribution in [1.29, 1.82) is 0 Å². The van der Waals surface area contributed by atoms with Gasteiger partial charge in [-0.1, -0.05) is 28.1 Å². The summed E-state index contributed by atoms with van der Waals surface area (Å²) in [4.78, 5) is 3.73. The molecule has 0 aliphatic carbocycles. The van der Waals surface area contributed by atoms with Crippen LogP contribution in [0.5, 0.6) is 0 Å². The van der Waals surface area contributed by atoms with Crippen LogP contribution in [0.3, 0.4) is 0 Å². The molecule has 0 aliphatic heterocycles. The average Bonchev–Trinajstić information content (AvgIpc) is 2.89. The average molecular weight is 367 g/mol. The smallest absolute Gasteiger partial charge is 0.393 e. The van der Waals surface area contributed by atoms with Gasteiger partial charge in [0.1, 0.15) is 5.82 Å². The van der Waals surface area contributed by atoms with Crippen LogP contribution in [0.15, 0.2) is 41.1 Å². The first kappa shape index (κ1) is 16.0. The molecule has 2 rings (SSSR count). The number of nitrogens with zero attached hydrogens (tertiary/aromatic N) is 2. The van der Waals surface area contributed by atoms with Gasteiger partial charge < -0.3 is 5.11 Å². The van der Waals surface area contributed by atoms with E-state index in [0.29, 0.717) is 0 Å². The minimum atomic E-state index is -4.49. The summed E-state index contributed by atoms with van der Waals surface area (Å²) in [6.45, 7) is -1.04. The van der Waals surface area contributed by atoms with Crippen molar-refractivity contribution < 1.29 is 22.7 Å². The van der Waals surface area contributed by atoms with Crippen molar-refractivity contribution in [3.05, 3.63) is 41.1 Å². The molecule has 114 valence electrons. The minimum absolute atomic E-state index is 0.131. The first-order valence-corrected chi connectivity index (χ1v) is 6.75. The second-order valence-corrected chi connectivity index (χ2v) is 5.26. The number of imidazole rings is 1. The summed E-state index contributed by atoms with van der Waals surface area (Å²) in [6, 6.07) is 1.68. The van der Waals surface area contributed by atoms with Crippen LogP contribution in [0.25, 0.3) is 11.4 Å². The molecule has 3 nitrogen and oxygen atoms in total. The molecule has 8 heteroatoms. The zero-order valence-electron chi connectivity index (χ0n) is 10.6. The number of benzene rings is 1. The molecule has 0 atom stereocenters. The number of rotatable bonds is 5. The molecule has 0 bridgehead atoms. The lowest BCUT2D eigenvalue weighted by Gasteiger charge is -2.28. The summed E-state index contributed by atoms with van der Waals surface area (Å²) in [6.07, 6.45) is 0.487. The van der Waals surface area contributed by atoms with Gasteiger partial charge in [-0.05, 0) is 12.1 Å². The number of hydrogen-bond acceptors (Lipinski definition) is 2. The molecule has 0 saturated heterocycles. The van der Waals surface area contributed by atoms with Crippen LogP contribution in [-0.2, 0) is 6.05 Å². The Morgan fingerprint density at radius 2 is 1.76 bits per heavy atom. The highest BCUT2D eigenvalue weighted by Crippen LogP contribution is 2.42. The van der Waals surface area contributed by atoms with E-state index >= 15 is 0 Å². The molecule has 1 aromatic heterocycles. The molecular formula is C13H11BrF4N2O. The van der Waals surface area contributed by atoms with E-state index in [4.69, 9.17) is 5.11 Å². The maximum atomic E-state index is 14.0. The molecule has 0 fully saturated rings. The third kappa shape index (κ3) is 2.96. The quantitative estimate of drug-likeness (QED) is 0.815. The minimum Gasteiger partial charge on any atom is -0.396 e. The fourth-order valence-electron chi connectivity index (χ4n) is 1.81. The molecule has 2 aromatic rings. The Morgan fingerprint density at radius 3 is 2.33 bits per heavy atom. The third-order valence-corrected chi connectivity index (χ3v) is 3.44. The Balaban J connectivity index is 2.47. The van der Waals surface area contributed by atoms with Crippen LogP contribution >= 0.6 is 15.9 Å². The molecule has 1 aromatic carbocycles. The maximum Gasteiger partial charge on any atom is 0.393 e. The molecule has 0 aliphatic rings. The fourth-order valence-corrected chi connectivity index (χ4v) is 2.07. The highest BCUT2D eigenvalue weighted by atomic mass is 79.9. The Kier molecular flexibility index (Phi) is 4.38. The molecular weight excluding hydrogens is 356 g/mol. The first-order valence-electron chi connectivity index (χ1n) is 5.96. The lowest BCUT2D eigenvalue weighted by Crippen LogP contribution is -2.43. The van der Waals surface area contributed by atoms with Crippen LogP contribution in [-0.4, -0.2) is 27.2 Å². The molecule has 21 heavy (non-hydrogen) atoms. The summed E-state index contributed by atoms with van der Waals surface area (Å²) >= 11 is 3.20. The van der Waals surface area contributed by atoms with Gasteiger partial charge in [0.2, 0.25) is 0 Å². The third-order valence-electron chi connectivity index (χ3n) is 2.91. The summed E-state index contributed by atoms with van der Waals surface area (Å²) < 4.78 is 56.0. The topological polar surface area (TPSA) is 38.0 Å². The van der Waals surface area contributed by atoms with Crippen LogP contribution < -0.4 is 0 Å². The van der Waals surface area contributed by atoms with Crippen molar-refractivity contribution in [3.8, 4) is 11.4 Å². The predicted octanol–water partition coefficient (Wildman–Crippen LogP) is 3.88. The summed E-state index contributed by atoms with van der Waals surface area (Å²) in [5, 5.41) is 8.54. The second kappa shape index (κ2) is 5.76. The van der Waals surface area contributed by atoms with Gasteiger partial charge in [-0.2, -0.15) is 17.6 Å². The lowest BCUT2D eigenvalue weighted by molar-refractivity contribution is -0.264. The predicted molar refractivity (Wildman–Crippen MR) is 72.2 cm³/mol. The van der Waals surface area contributed by atoms with Crippen molar-refractivity contribution >= 4 is 15.9 Å². The van der Waals surface area contributed by atoms with Gasteiger partial charge in [-0.15, -0.1) is 0 Å². The van der Waals surface area contributed by atoms with Crippen LogP contribution in [0.2, 0.25) is 0 Å². The number of halogens is 5. The highest BCUT2D eigenvalue weighted by molar-refractivity contribution is 9.10. The summed E-state index contributed by atoms with van der Waals surface area (Å²) in [5.41, 5.74) is 0.280. The highest BCUT2D eigenvalue weighted by Gasteiger charge is 2.58. The van der Waals surface area contributed by atoms with Gasteiger partial charge in [-0.3, -0.25) is 4.57 Å². The summed E-state index contributed by atoms with van der Waals surface area (Å²) in [7, 11) is 0. The zero-order chi connectivity index (χ0) is 15.7.